The van der Waals surface area contributed by atoms with Crippen LogP contribution < -0.4 is 14.2 Å². The van der Waals surface area contributed by atoms with E-state index < -0.39 is 0 Å². The molecule has 0 aliphatic rings. The fraction of sp³-hybridized carbons (Fsp3) is 0.381. The molecule has 0 aliphatic heterocycles. The quantitative estimate of drug-likeness (QED) is 0.716. The van der Waals surface area contributed by atoms with Crippen LogP contribution in [0.15, 0.2) is 42.5 Å². The molecule has 2 rings (SSSR count). The second kappa shape index (κ2) is 9.13. The molecule has 140 valence electrons. The first-order valence-corrected chi connectivity index (χ1v) is 8.64. The predicted octanol–water partition coefficient (Wildman–Crippen LogP) is 4.01. The number of hydrogen-bond donors (Lipinski definition) is 0. The van der Waals surface area contributed by atoms with Gasteiger partial charge in [0.05, 0.1) is 14.2 Å². The van der Waals surface area contributed by atoms with E-state index in [0.717, 1.165) is 5.56 Å². The smallest absolute Gasteiger partial charge is 0.253 e. The molecule has 0 aliphatic carbocycles. The van der Waals surface area contributed by atoms with Crippen molar-refractivity contribution in [2.45, 2.75) is 20.5 Å². The van der Waals surface area contributed by atoms with E-state index in [1.807, 2.05) is 30.3 Å². The summed E-state index contributed by atoms with van der Waals surface area (Å²) in [6, 6.07) is 13.2. The van der Waals surface area contributed by atoms with Crippen molar-refractivity contribution in [1.82, 2.24) is 4.90 Å². The first kappa shape index (κ1) is 19.6. The van der Waals surface area contributed by atoms with Crippen LogP contribution in [0.4, 0.5) is 0 Å². The van der Waals surface area contributed by atoms with Crippen LogP contribution in [0, 0.1) is 5.92 Å². The maximum atomic E-state index is 12.7. The molecular weight excluding hydrogens is 330 g/mol. The largest absolute Gasteiger partial charge is 0.493 e. The van der Waals surface area contributed by atoms with Gasteiger partial charge in [0.25, 0.3) is 5.91 Å². The normalized spacial score (nSPS) is 10.5. The van der Waals surface area contributed by atoms with E-state index in [-0.39, 0.29) is 5.91 Å². The zero-order valence-corrected chi connectivity index (χ0v) is 16.1. The second-order valence-corrected chi connectivity index (χ2v) is 6.56. The Balaban J connectivity index is 2.28. The van der Waals surface area contributed by atoms with Gasteiger partial charge in [0.15, 0.2) is 11.5 Å². The summed E-state index contributed by atoms with van der Waals surface area (Å²) in [7, 11) is 4.90. The molecule has 2 aromatic carbocycles. The molecule has 0 saturated carbocycles. The fourth-order valence-electron chi connectivity index (χ4n) is 2.73. The van der Waals surface area contributed by atoms with E-state index in [9.17, 15) is 4.79 Å². The summed E-state index contributed by atoms with van der Waals surface area (Å²) >= 11 is 0. The van der Waals surface area contributed by atoms with E-state index in [1.54, 1.807) is 38.3 Å². The summed E-state index contributed by atoms with van der Waals surface area (Å²) in [5, 5.41) is 0. The molecule has 0 bridgehead atoms. The van der Waals surface area contributed by atoms with Crippen LogP contribution in [0.3, 0.4) is 0 Å². The highest BCUT2D eigenvalue weighted by atomic mass is 16.5. The maximum absolute atomic E-state index is 12.7. The maximum Gasteiger partial charge on any atom is 0.253 e. The molecule has 2 aromatic rings. The van der Waals surface area contributed by atoms with Gasteiger partial charge >= 0.3 is 0 Å². The molecular formula is C21H27NO4. The number of amides is 1. The molecule has 1 amide bonds. The van der Waals surface area contributed by atoms with Crippen LogP contribution in [-0.2, 0) is 6.61 Å². The number of hydrogen-bond acceptors (Lipinski definition) is 4. The Bertz CT molecular complexity index is 703. The van der Waals surface area contributed by atoms with Crippen LogP contribution in [0.5, 0.6) is 17.2 Å². The molecule has 0 radical (unpaired) electrons. The minimum atomic E-state index is -0.0788. The number of carbonyl (C=O) groups excluding carboxylic acids is 1. The number of rotatable bonds is 8. The van der Waals surface area contributed by atoms with Gasteiger partial charge in [0, 0.05) is 19.2 Å². The van der Waals surface area contributed by atoms with Crippen molar-refractivity contribution in [2.24, 2.45) is 5.92 Å². The summed E-state index contributed by atoms with van der Waals surface area (Å²) in [4.78, 5) is 14.4. The van der Waals surface area contributed by atoms with Crippen LogP contribution in [0.25, 0.3) is 0 Å². The number of carbonyl (C=O) groups is 1. The van der Waals surface area contributed by atoms with E-state index in [0.29, 0.717) is 41.9 Å². The summed E-state index contributed by atoms with van der Waals surface area (Å²) in [5.41, 5.74) is 1.54. The van der Waals surface area contributed by atoms with Crippen molar-refractivity contribution in [3.63, 3.8) is 0 Å². The Labute approximate surface area is 155 Å². The molecule has 26 heavy (non-hydrogen) atoms. The SMILES string of the molecule is COc1cc(C(=O)N(C)CC(C)C)cc(OC)c1OCc1ccccc1. The number of methoxy groups -OCH3 is 2. The average Bonchev–Trinajstić information content (AvgIpc) is 2.65. The Morgan fingerprint density at radius 2 is 1.62 bits per heavy atom. The molecule has 0 atom stereocenters. The molecule has 0 fully saturated rings. The van der Waals surface area contributed by atoms with Crippen LogP contribution in [0.2, 0.25) is 0 Å². The van der Waals surface area contributed by atoms with Crippen molar-refractivity contribution in [3.05, 3.63) is 53.6 Å². The van der Waals surface area contributed by atoms with Gasteiger partial charge in [-0.25, -0.2) is 0 Å². The lowest BCUT2D eigenvalue weighted by Gasteiger charge is -2.21. The zero-order valence-electron chi connectivity index (χ0n) is 16.1. The van der Waals surface area contributed by atoms with Gasteiger partial charge in [-0.3, -0.25) is 4.79 Å². The van der Waals surface area contributed by atoms with Gasteiger partial charge < -0.3 is 19.1 Å². The Morgan fingerprint density at radius 3 is 2.12 bits per heavy atom. The van der Waals surface area contributed by atoms with Crippen LogP contribution >= 0.6 is 0 Å². The predicted molar refractivity (Wildman–Crippen MR) is 102 cm³/mol. The van der Waals surface area contributed by atoms with Crippen molar-refractivity contribution >= 4 is 5.91 Å². The number of nitrogens with zero attached hydrogens (tertiary/aromatic N) is 1. The Hall–Kier alpha value is -2.69. The number of benzene rings is 2. The van der Waals surface area contributed by atoms with Gasteiger partial charge in [0.1, 0.15) is 6.61 Å². The highest BCUT2D eigenvalue weighted by Gasteiger charge is 2.20. The minimum Gasteiger partial charge on any atom is -0.493 e. The van der Waals surface area contributed by atoms with Crippen LogP contribution in [-0.4, -0.2) is 38.6 Å². The summed E-state index contributed by atoms with van der Waals surface area (Å²) in [6.45, 7) is 5.21. The third kappa shape index (κ3) is 4.91. The first-order chi connectivity index (χ1) is 12.5. The molecule has 5 heteroatoms. The third-order valence-corrected chi connectivity index (χ3v) is 3.92. The van der Waals surface area contributed by atoms with Gasteiger partial charge in [0.2, 0.25) is 5.75 Å². The molecule has 0 spiro atoms. The summed E-state index contributed by atoms with van der Waals surface area (Å²) in [6.07, 6.45) is 0. The minimum absolute atomic E-state index is 0.0788. The molecule has 0 heterocycles. The highest BCUT2D eigenvalue weighted by molar-refractivity contribution is 5.95. The van der Waals surface area contributed by atoms with Crippen molar-refractivity contribution < 1.29 is 19.0 Å². The first-order valence-electron chi connectivity index (χ1n) is 8.64. The lowest BCUT2D eigenvalue weighted by molar-refractivity contribution is 0.0778. The van der Waals surface area contributed by atoms with E-state index >= 15 is 0 Å². The van der Waals surface area contributed by atoms with Gasteiger partial charge in [-0.2, -0.15) is 0 Å². The van der Waals surface area contributed by atoms with Gasteiger partial charge in [-0.15, -0.1) is 0 Å². The zero-order chi connectivity index (χ0) is 19.1. The van der Waals surface area contributed by atoms with Crippen molar-refractivity contribution in [2.75, 3.05) is 27.8 Å². The van der Waals surface area contributed by atoms with Crippen molar-refractivity contribution in [1.29, 1.82) is 0 Å². The highest BCUT2D eigenvalue weighted by Crippen LogP contribution is 2.39. The van der Waals surface area contributed by atoms with Crippen LogP contribution in [0.1, 0.15) is 29.8 Å². The lowest BCUT2D eigenvalue weighted by Crippen LogP contribution is -2.30. The Kier molecular flexibility index (Phi) is 6.89. The second-order valence-electron chi connectivity index (χ2n) is 6.56. The summed E-state index contributed by atoms with van der Waals surface area (Å²) in [5.74, 6) is 1.75. The molecule has 0 unspecified atom stereocenters. The number of ether oxygens (including phenoxy) is 3. The fourth-order valence-corrected chi connectivity index (χ4v) is 2.73. The Morgan fingerprint density at radius 1 is 1.04 bits per heavy atom. The van der Waals surface area contributed by atoms with E-state index in [2.05, 4.69) is 13.8 Å². The molecule has 0 N–H and O–H groups in total. The molecule has 0 saturated heterocycles. The van der Waals surface area contributed by atoms with Crippen molar-refractivity contribution in [3.8, 4) is 17.2 Å². The topological polar surface area (TPSA) is 48.0 Å². The van der Waals surface area contributed by atoms with Gasteiger partial charge in [-0.05, 0) is 23.6 Å². The standard InChI is InChI=1S/C21H27NO4/c1-15(2)13-22(3)21(23)17-11-18(24-4)20(19(12-17)25-5)26-14-16-9-7-6-8-10-16/h6-12,15H,13-14H2,1-5H3. The summed E-state index contributed by atoms with van der Waals surface area (Å²) < 4.78 is 16.8. The lowest BCUT2D eigenvalue weighted by atomic mass is 10.1. The average molecular weight is 357 g/mol. The molecule has 5 nitrogen and oxygen atoms in total. The molecule has 0 aromatic heterocycles. The van der Waals surface area contributed by atoms with E-state index in [4.69, 9.17) is 14.2 Å². The third-order valence-electron chi connectivity index (χ3n) is 3.92. The monoisotopic (exact) mass is 357 g/mol. The van der Waals surface area contributed by atoms with E-state index in [1.165, 1.54) is 0 Å². The van der Waals surface area contributed by atoms with Gasteiger partial charge in [-0.1, -0.05) is 44.2 Å².